The van der Waals surface area contributed by atoms with E-state index in [4.69, 9.17) is 0 Å². The first kappa shape index (κ1) is 27.6. The molecule has 7 nitrogen and oxygen atoms in total. The summed E-state index contributed by atoms with van der Waals surface area (Å²) in [5.74, 6) is 0.0897. The fourth-order valence-electron chi connectivity index (χ4n) is 5.27. The summed E-state index contributed by atoms with van der Waals surface area (Å²) >= 11 is 0. The molecule has 1 atom stereocenters. The SMILES string of the molecule is CC1CN(c2ccc(OC(F)(F)F)c(C#N)c2)CCN1C(=O)NCCC1CCN(Cc2ccccc2)CC1. The number of piperidine rings is 1. The summed E-state index contributed by atoms with van der Waals surface area (Å²) in [6.07, 6.45) is -1.63. The van der Waals surface area contributed by atoms with Gasteiger partial charge in [0.05, 0.1) is 5.56 Å². The van der Waals surface area contributed by atoms with Crippen molar-refractivity contribution >= 4 is 11.7 Å². The second-order valence-corrected chi connectivity index (χ2v) is 10.1. The van der Waals surface area contributed by atoms with Gasteiger partial charge in [-0.15, -0.1) is 13.2 Å². The quantitative estimate of drug-likeness (QED) is 0.548. The van der Waals surface area contributed by atoms with Crippen LogP contribution in [0.5, 0.6) is 5.75 Å². The minimum absolute atomic E-state index is 0.0923. The molecule has 0 aliphatic carbocycles. The molecule has 2 heterocycles. The van der Waals surface area contributed by atoms with Crippen molar-refractivity contribution in [2.75, 3.05) is 44.2 Å². The molecule has 2 fully saturated rings. The number of nitrogens with one attached hydrogen (secondary N) is 1. The average molecular weight is 530 g/mol. The number of anilines is 1. The number of benzene rings is 2. The van der Waals surface area contributed by atoms with Crippen LogP contribution in [-0.2, 0) is 6.54 Å². The van der Waals surface area contributed by atoms with Gasteiger partial charge >= 0.3 is 12.4 Å². The maximum Gasteiger partial charge on any atom is 0.573 e. The van der Waals surface area contributed by atoms with Crippen molar-refractivity contribution in [2.45, 2.75) is 45.1 Å². The van der Waals surface area contributed by atoms with E-state index >= 15 is 0 Å². The van der Waals surface area contributed by atoms with Crippen molar-refractivity contribution in [1.82, 2.24) is 15.1 Å². The van der Waals surface area contributed by atoms with E-state index in [2.05, 4.69) is 39.2 Å². The van der Waals surface area contributed by atoms with Gasteiger partial charge in [-0.05, 0) is 69.0 Å². The molecule has 2 aromatic rings. The molecule has 204 valence electrons. The lowest BCUT2D eigenvalue weighted by Crippen LogP contribution is -2.56. The van der Waals surface area contributed by atoms with Gasteiger partial charge in [-0.25, -0.2) is 4.79 Å². The highest BCUT2D eigenvalue weighted by atomic mass is 19.4. The number of hydrogen-bond acceptors (Lipinski definition) is 5. The number of carbonyl (C=O) groups is 1. The molecule has 1 unspecified atom stereocenters. The molecule has 1 N–H and O–H groups in total. The van der Waals surface area contributed by atoms with Gasteiger partial charge in [-0.2, -0.15) is 5.26 Å². The molecule has 0 saturated carbocycles. The van der Waals surface area contributed by atoms with E-state index in [1.165, 1.54) is 17.7 Å². The topological polar surface area (TPSA) is 71.8 Å². The maximum atomic E-state index is 12.8. The van der Waals surface area contributed by atoms with Crippen LogP contribution in [0.2, 0.25) is 0 Å². The number of nitrogens with zero attached hydrogens (tertiary/aromatic N) is 4. The number of nitriles is 1. The Bertz CT molecular complexity index is 1110. The molecule has 2 saturated heterocycles. The number of rotatable bonds is 7. The third-order valence-electron chi connectivity index (χ3n) is 7.35. The van der Waals surface area contributed by atoms with Gasteiger partial charge in [0.15, 0.2) is 0 Å². The van der Waals surface area contributed by atoms with E-state index in [1.807, 2.05) is 17.9 Å². The molecule has 2 aliphatic heterocycles. The Morgan fingerprint density at radius 3 is 2.50 bits per heavy atom. The van der Waals surface area contributed by atoms with E-state index in [1.54, 1.807) is 11.0 Å². The first-order valence-corrected chi connectivity index (χ1v) is 13.1. The van der Waals surface area contributed by atoms with Crippen LogP contribution in [0, 0.1) is 17.2 Å². The largest absolute Gasteiger partial charge is 0.573 e. The van der Waals surface area contributed by atoms with Crippen LogP contribution in [0.25, 0.3) is 0 Å². The maximum absolute atomic E-state index is 12.8. The minimum atomic E-state index is -4.86. The number of amides is 2. The first-order chi connectivity index (χ1) is 18.2. The summed E-state index contributed by atoms with van der Waals surface area (Å²) in [6.45, 7) is 7.22. The number of piperazine rings is 1. The molecular formula is C28H34F3N5O2. The number of halogens is 3. The Hall–Kier alpha value is -3.45. The number of carbonyl (C=O) groups excluding carboxylic acids is 1. The fourth-order valence-corrected chi connectivity index (χ4v) is 5.27. The molecule has 0 bridgehead atoms. The number of hydrogen-bond donors (Lipinski definition) is 1. The molecule has 10 heteroatoms. The highest BCUT2D eigenvalue weighted by molar-refractivity contribution is 5.75. The van der Waals surface area contributed by atoms with Gasteiger partial charge in [0.25, 0.3) is 0 Å². The van der Waals surface area contributed by atoms with Gasteiger partial charge in [-0.3, -0.25) is 4.90 Å². The Morgan fingerprint density at radius 2 is 1.84 bits per heavy atom. The van der Waals surface area contributed by atoms with Crippen molar-refractivity contribution in [3.63, 3.8) is 0 Å². The van der Waals surface area contributed by atoms with E-state index in [0.717, 1.165) is 45.0 Å². The number of alkyl halides is 3. The fraction of sp³-hybridized carbons (Fsp3) is 0.500. The zero-order valence-electron chi connectivity index (χ0n) is 21.6. The highest BCUT2D eigenvalue weighted by Crippen LogP contribution is 2.30. The van der Waals surface area contributed by atoms with Crippen molar-refractivity contribution in [3.05, 3.63) is 59.7 Å². The Morgan fingerprint density at radius 1 is 1.11 bits per heavy atom. The Labute approximate surface area is 221 Å². The monoisotopic (exact) mass is 529 g/mol. The van der Waals surface area contributed by atoms with Crippen LogP contribution in [0.4, 0.5) is 23.7 Å². The summed E-state index contributed by atoms with van der Waals surface area (Å²) < 4.78 is 41.7. The van der Waals surface area contributed by atoms with Gasteiger partial charge in [0.1, 0.15) is 11.8 Å². The zero-order chi connectivity index (χ0) is 27.1. The van der Waals surface area contributed by atoms with Gasteiger partial charge < -0.3 is 19.9 Å². The lowest BCUT2D eigenvalue weighted by molar-refractivity contribution is -0.274. The van der Waals surface area contributed by atoms with E-state index in [9.17, 15) is 23.2 Å². The lowest BCUT2D eigenvalue weighted by atomic mass is 9.93. The van der Waals surface area contributed by atoms with Crippen molar-refractivity contribution < 1.29 is 22.7 Å². The summed E-state index contributed by atoms with van der Waals surface area (Å²) in [6, 6.07) is 16.2. The molecule has 0 aromatic heterocycles. The first-order valence-electron chi connectivity index (χ1n) is 13.1. The van der Waals surface area contributed by atoms with E-state index in [0.29, 0.717) is 37.8 Å². The molecule has 2 amide bonds. The number of likely N-dealkylation sites (tertiary alicyclic amines) is 1. The molecule has 0 radical (unpaired) electrons. The summed E-state index contributed by atoms with van der Waals surface area (Å²) in [7, 11) is 0. The second-order valence-electron chi connectivity index (χ2n) is 10.1. The third kappa shape index (κ3) is 7.54. The van der Waals surface area contributed by atoms with Crippen molar-refractivity contribution in [3.8, 4) is 11.8 Å². The predicted octanol–water partition coefficient (Wildman–Crippen LogP) is 4.98. The Kier molecular flexibility index (Phi) is 9.00. The molecule has 2 aliphatic rings. The van der Waals surface area contributed by atoms with Crippen LogP contribution in [0.15, 0.2) is 48.5 Å². The van der Waals surface area contributed by atoms with Crippen LogP contribution in [-0.4, -0.2) is 67.5 Å². The second kappa shape index (κ2) is 12.4. The molecule has 2 aromatic carbocycles. The third-order valence-corrected chi connectivity index (χ3v) is 7.35. The molecule has 0 spiro atoms. The zero-order valence-corrected chi connectivity index (χ0v) is 21.6. The minimum Gasteiger partial charge on any atom is -0.404 e. The Balaban J connectivity index is 1.19. The van der Waals surface area contributed by atoms with Gasteiger partial charge in [-0.1, -0.05) is 30.3 Å². The highest BCUT2D eigenvalue weighted by Gasteiger charge is 2.33. The summed E-state index contributed by atoms with van der Waals surface area (Å²) in [5.41, 5.74) is 1.78. The van der Waals surface area contributed by atoms with Crippen LogP contribution >= 0.6 is 0 Å². The summed E-state index contributed by atoms with van der Waals surface area (Å²) in [5, 5.41) is 12.3. The lowest BCUT2D eigenvalue weighted by Gasteiger charge is -2.41. The number of urea groups is 1. The molecule has 4 rings (SSSR count). The predicted molar refractivity (Wildman–Crippen MR) is 139 cm³/mol. The standard InChI is InChI=1S/C28H34F3N5O2/c1-21-19-35(25-7-8-26(24(17-25)18-32)38-28(29,30)31)15-16-36(21)27(37)33-12-9-22-10-13-34(14-11-22)20-23-5-3-2-4-6-23/h2-8,17,21-22H,9-16,19-20H2,1H3,(H,33,37). The van der Waals surface area contributed by atoms with Crippen LogP contribution in [0.1, 0.15) is 37.3 Å². The van der Waals surface area contributed by atoms with Crippen LogP contribution in [0.3, 0.4) is 0 Å². The smallest absolute Gasteiger partial charge is 0.404 e. The van der Waals surface area contributed by atoms with E-state index in [-0.39, 0.29) is 17.6 Å². The molecular weight excluding hydrogens is 495 g/mol. The van der Waals surface area contributed by atoms with Gasteiger partial charge in [0, 0.05) is 44.5 Å². The van der Waals surface area contributed by atoms with Crippen molar-refractivity contribution in [2.24, 2.45) is 5.92 Å². The summed E-state index contributed by atoms with van der Waals surface area (Å²) in [4.78, 5) is 19.1. The number of ether oxygens (including phenoxy) is 1. The molecule has 38 heavy (non-hydrogen) atoms. The van der Waals surface area contributed by atoms with Crippen molar-refractivity contribution in [1.29, 1.82) is 5.26 Å². The average Bonchev–Trinajstić information content (AvgIpc) is 2.89. The van der Waals surface area contributed by atoms with Gasteiger partial charge in [0.2, 0.25) is 0 Å². The van der Waals surface area contributed by atoms with E-state index < -0.39 is 12.1 Å². The van der Waals surface area contributed by atoms with Crippen LogP contribution < -0.4 is 15.0 Å². The normalized spacial score (nSPS) is 19.2.